The number of rotatable bonds is 3. The van der Waals surface area contributed by atoms with E-state index < -0.39 is 0 Å². The Morgan fingerprint density at radius 3 is 2.53 bits per heavy atom. The molecule has 1 aromatic carbocycles. The smallest absolute Gasteiger partial charge is 0.0451 e. The van der Waals surface area contributed by atoms with Crippen LogP contribution in [-0.2, 0) is 6.54 Å². The molecule has 19 heavy (non-hydrogen) atoms. The summed E-state index contributed by atoms with van der Waals surface area (Å²) in [6.45, 7) is 9.41. The normalized spacial score (nSPS) is 16.1. The number of benzene rings is 1. The van der Waals surface area contributed by atoms with Crippen molar-refractivity contribution < 1.29 is 0 Å². The lowest BCUT2D eigenvalue weighted by molar-refractivity contribution is 0.281. The molecule has 2 rings (SSSR count). The Morgan fingerprint density at radius 2 is 1.95 bits per heavy atom. The summed E-state index contributed by atoms with van der Waals surface area (Å²) in [6.07, 6.45) is 3.35. The summed E-state index contributed by atoms with van der Waals surface area (Å²) in [5.41, 5.74) is 2.74. The highest BCUT2D eigenvalue weighted by Gasteiger charge is 2.16. The lowest BCUT2D eigenvalue weighted by atomic mass is 10.1. The van der Waals surface area contributed by atoms with Crippen molar-refractivity contribution in [3.05, 3.63) is 45.3 Å². The topological polar surface area (TPSA) is 3.24 Å². The molecule has 1 heterocycles. The van der Waals surface area contributed by atoms with Crippen molar-refractivity contribution in [3.63, 3.8) is 0 Å². The van der Waals surface area contributed by atoms with Gasteiger partial charge in [0.1, 0.15) is 0 Å². The van der Waals surface area contributed by atoms with Gasteiger partial charge in [0, 0.05) is 24.7 Å². The highest BCUT2D eigenvalue weighted by molar-refractivity contribution is 8.02. The Morgan fingerprint density at radius 1 is 1.26 bits per heavy atom. The van der Waals surface area contributed by atoms with Crippen LogP contribution in [0.3, 0.4) is 0 Å². The summed E-state index contributed by atoms with van der Waals surface area (Å²) < 4.78 is 0. The molecule has 0 N–H and O–H groups in total. The minimum absolute atomic E-state index is 0.879. The van der Waals surface area contributed by atoms with Crippen LogP contribution in [0.5, 0.6) is 0 Å². The molecule has 0 radical (unpaired) electrons. The van der Waals surface area contributed by atoms with Crippen molar-refractivity contribution in [3.8, 4) is 0 Å². The predicted molar refractivity (Wildman–Crippen MR) is 88.9 cm³/mol. The summed E-state index contributed by atoms with van der Waals surface area (Å²) in [7, 11) is 0. The van der Waals surface area contributed by atoms with E-state index in [0.29, 0.717) is 0 Å². The van der Waals surface area contributed by atoms with Gasteiger partial charge in [-0.2, -0.15) is 0 Å². The van der Waals surface area contributed by atoms with Crippen LogP contribution in [0, 0.1) is 0 Å². The Labute approximate surface area is 127 Å². The molecule has 0 saturated carbocycles. The molecule has 3 heteroatoms. The standard InChI is InChI=1S/C14H18ClNS.C2H6/c1-11-9-16(8-7-14(11)17-2)10-12-5-3-4-6-13(12)15;1-2/h3-6H,7-10H2,1-2H3;1-2H3. The molecule has 0 unspecified atom stereocenters. The van der Waals surface area contributed by atoms with Gasteiger partial charge < -0.3 is 0 Å². The Bertz CT molecular complexity index is 429. The minimum atomic E-state index is 0.879. The van der Waals surface area contributed by atoms with Crippen molar-refractivity contribution in [2.75, 3.05) is 19.3 Å². The second-order valence-electron chi connectivity index (χ2n) is 4.46. The van der Waals surface area contributed by atoms with E-state index in [0.717, 1.165) is 24.7 Å². The van der Waals surface area contributed by atoms with E-state index in [4.69, 9.17) is 11.6 Å². The van der Waals surface area contributed by atoms with Crippen LogP contribution < -0.4 is 0 Å². The second-order valence-corrected chi connectivity index (χ2v) is 5.77. The first kappa shape index (κ1) is 16.6. The third kappa shape index (κ3) is 4.87. The van der Waals surface area contributed by atoms with Crippen LogP contribution in [-0.4, -0.2) is 24.2 Å². The number of thioether (sulfide) groups is 1. The van der Waals surface area contributed by atoms with Gasteiger partial charge in [-0.05, 0) is 41.7 Å². The SMILES string of the molecule is CC.CSC1=C(C)CN(Cc2ccccc2Cl)CC1. The maximum atomic E-state index is 6.19. The molecule has 0 amide bonds. The Hall–Kier alpha value is -0.440. The highest BCUT2D eigenvalue weighted by Crippen LogP contribution is 2.27. The zero-order valence-corrected chi connectivity index (χ0v) is 13.9. The summed E-state index contributed by atoms with van der Waals surface area (Å²) in [5.74, 6) is 0. The predicted octanol–water partition coefficient (Wildman–Crippen LogP) is 5.21. The molecule has 1 aromatic rings. The third-order valence-electron chi connectivity index (χ3n) is 3.19. The van der Waals surface area contributed by atoms with Crippen LogP contribution in [0.2, 0.25) is 5.02 Å². The van der Waals surface area contributed by atoms with Gasteiger partial charge >= 0.3 is 0 Å². The zero-order chi connectivity index (χ0) is 14.3. The number of halogens is 1. The fourth-order valence-electron chi connectivity index (χ4n) is 2.25. The lowest BCUT2D eigenvalue weighted by Crippen LogP contribution is -2.30. The maximum Gasteiger partial charge on any atom is 0.0451 e. The second kappa shape index (κ2) is 8.68. The van der Waals surface area contributed by atoms with Gasteiger partial charge in [-0.15, -0.1) is 11.8 Å². The van der Waals surface area contributed by atoms with Crippen molar-refractivity contribution in [2.45, 2.75) is 33.7 Å². The molecule has 0 bridgehead atoms. The van der Waals surface area contributed by atoms with Gasteiger partial charge in [0.15, 0.2) is 0 Å². The van der Waals surface area contributed by atoms with Crippen LogP contribution in [0.15, 0.2) is 34.7 Å². The van der Waals surface area contributed by atoms with Crippen molar-refractivity contribution in [1.29, 1.82) is 0 Å². The number of hydrogen-bond donors (Lipinski definition) is 0. The molecule has 1 nitrogen and oxygen atoms in total. The highest BCUT2D eigenvalue weighted by atomic mass is 35.5. The molecule has 1 aliphatic rings. The average molecular weight is 298 g/mol. The van der Waals surface area contributed by atoms with Gasteiger partial charge in [-0.1, -0.05) is 43.6 Å². The van der Waals surface area contributed by atoms with Crippen LogP contribution in [0.1, 0.15) is 32.8 Å². The first-order valence-electron chi connectivity index (χ1n) is 6.89. The maximum absolute atomic E-state index is 6.19. The van der Waals surface area contributed by atoms with Gasteiger partial charge in [0.25, 0.3) is 0 Å². The van der Waals surface area contributed by atoms with Gasteiger partial charge in [-0.3, -0.25) is 4.90 Å². The minimum Gasteiger partial charge on any atom is -0.295 e. The van der Waals surface area contributed by atoms with E-state index in [2.05, 4.69) is 30.2 Å². The van der Waals surface area contributed by atoms with E-state index in [-0.39, 0.29) is 0 Å². The third-order valence-corrected chi connectivity index (χ3v) is 4.60. The molecule has 0 atom stereocenters. The van der Waals surface area contributed by atoms with E-state index in [1.54, 1.807) is 4.91 Å². The van der Waals surface area contributed by atoms with Crippen LogP contribution >= 0.6 is 23.4 Å². The quantitative estimate of drug-likeness (QED) is 0.753. The summed E-state index contributed by atoms with van der Waals surface area (Å²) in [6, 6.07) is 8.13. The molecule has 0 saturated heterocycles. The summed E-state index contributed by atoms with van der Waals surface area (Å²) in [5, 5.41) is 0.879. The molecule has 106 valence electrons. The summed E-state index contributed by atoms with van der Waals surface area (Å²) in [4.78, 5) is 4.02. The molecule has 0 aliphatic carbocycles. The molecular weight excluding hydrogens is 274 g/mol. The van der Waals surface area contributed by atoms with Gasteiger partial charge in [0.2, 0.25) is 0 Å². The largest absolute Gasteiger partial charge is 0.295 e. The average Bonchev–Trinajstić information content (AvgIpc) is 2.44. The lowest BCUT2D eigenvalue weighted by Gasteiger charge is -2.29. The number of nitrogens with zero attached hydrogens (tertiary/aromatic N) is 1. The fraction of sp³-hybridized carbons (Fsp3) is 0.500. The summed E-state index contributed by atoms with van der Waals surface area (Å²) >= 11 is 8.09. The first-order chi connectivity index (χ1) is 9.20. The van der Waals surface area contributed by atoms with Crippen LogP contribution in [0.4, 0.5) is 0 Å². The molecule has 0 aromatic heterocycles. The van der Waals surface area contributed by atoms with Gasteiger partial charge in [0.05, 0.1) is 0 Å². The zero-order valence-electron chi connectivity index (χ0n) is 12.4. The number of hydrogen-bond acceptors (Lipinski definition) is 2. The molecule has 0 spiro atoms. The Kier molecular flexibility index (Phi) is 7.59. The van der Waals surface area contributed by atoms with Crippen molar-refractivity contribution in [2.24, 2.45) is 0 Å². The fourth-order valence-corrected chi connectivity index (χ4v) is 3.16. The first-order valence-corrected chi connectivity index (χ1v) is 8.49. The van der Waals surface area contributed by atoms with E-state index in [1.807, 2.05) is 37.7 Å². The van der Waals surface area contributed by atoms with Gasteiger partial charge in [-0.25, -0.2) is 0 Å². The van der Waals surface area contributed by atoms with Crippen LogP contribution in [0.25, 0.3) is 0 Å². The van der Waals surface area contributed by atoms with Crippen molar-refractivity contribution >= 4 is 23.4 Å². The van der Waals surface area contributed by atoms with Crippen molar-refractivity contribution in [1.82, 2.24) is 4.90 Å². The molecule has 1 aliphatic heterocycles. The Balaban J connectivity index is 0.000000861. The molecular formula is C16H24ClNS. The van der Waals surface area contributed by atoms with E-state index in [1.165, 1.54) is 17.6 Å². The van der Waals surface area contributed by atoms with E-state index >= 15 is 0 Å². The molecule has 0 fully saturated rings. The monoisotopic (exact) mass is 297 g/mol. The van der Waals surface area contributed by atoms with E-state index in [9.17, 15) is 0 Å².